The number of hydrogen-bond donors (Lipinski definition) is 1. The minimum absolute atomic E-state index is 0.665. The molecule has 1 aliphatic carbocycles. The topological polar surface area (TPSA) is 36.9 Å². The third-order valence-electron chi connectivity index (χ3n) is 5.24. The second kappa shape index (κ2) is 7.82. The van der Waals surface area contributed by atoms with Gasteiger partial charge in [0.05, 0.1) is 6.61 Å². The van der Waals surface area contributed by atoms with Crippen LogP contribution in [0.1, 0.15) is 36.8 Å². The van der Waals surface area contributed by atoms with Crippen LogP contribution < -0.4 is 5.32 Å². The molecule has 23 heavy (non-hydrogen) atoms. The van der Waals surface area contributed by atoms with Crippen molar-refractivity contribution in [1.29, 1.82) is 0 Å². The quantitative estimate of drug-likeness (QED) is 0.685. The number of fused-ring (bicyclic) bond motifs is 1. The molecular weight excluding hydrogens is 286 g/mol. The molecule has 126 valence electrons. The van der Waals surface area contributed by atoms with E-state index in [0.717, 1.165) is 24.3 Å². The second-order valence-electron chi connectivity index (χ2n) is 6.86. The molecule has 0 spiro atoms. The summed E-state index contributed by atoms with van der Waals surface area (Å²) in [7, 11) is 3.63. The van der Waals surface area contributed by atoms with Crippen LogP contribution in [0.15, 0.2) is 29.3 Å². The first kappa shape index (κ1) is 16.3. The maximum absolute atomic E-state index is 5.21. The van der Waals surface area contributed by atoms with Crippen LogP contribution in [-0.2, 0) is 17.9 Å². The lowest BCUT2D eigenvalue weighted by atomic mass is 9.82. The van der Waals surface area contributed by atoms with E-state index in [4.69, 9.17) is 4.74 Å². The highest BCUT2D eigenvalue weighted by Crippen LogP contribution is 2.35. The van der Waals surface area contributed by atoms with Crippen molar-refractivity contribution in [3.05, 3.63) is 35.4 Å². The summed E-state index contributed by atoms with van der Waals surface area (Å²) in [5.41, 5.74) is 2.49. The molecule has 1 saturated carbocycles. The second-order valence-corrected chi connectivity index (χ2v) is 6.86. The molecule has 4 heteroatoms. The number of guanidine groups is 1. The number of methoxy groups -OCH3 is 1. The summed E-state index contributed by atoms with van der Waals surface area (Å²) in [6, 6.07) is 8.56. The summed E-state index contributed by atoms with van der Waals surface area (Å²) in [6.45, 7) is 3.83. The molecular formula is C19H29N3O. The van der Waals surface area contributed by atoms with Gasteiger partial charge in [0.15, 0.2) is 5.96 Å². The van der Waals surface area contributed by atoms with Gasteiger partial charge in [-0.15, -0.1) is 0 Å². The summed E-state index contributed by atoms with van der Waals surface area (Å²) in [5.74, 6) is 2.82. The molecule has 1 aliphatic heterocycles. The molecule has 1 saturated heterocycles. The summed E-state index contributed by atoms with van der Waals surface area (Å²) < 4.78 is 5.21. The zero-order chi connectivity index (χ0) is 16.1. The predicted octanol–water partition coefficient (Wildman–Crippen LogP) is 3.03. The van der Waals surface area contributed by atoms with Crippen molar-refractivity contribution in [3.63, 3.8) is 0 Å². The van der Waals surface area contributed by atoms with Gasteiger partial charge in [-0.25, -0.2) is 0 Å². The molecule has 2 atom stereocenters. The Hall–Kier alpha value is -1.55. The Morgan fingerprint density at radius 3 is 2.57 bits per heavy atom. The van der Waals surface area contributed by atoms with Gasteiger partial charge in [-0.3, -0.25) is 4.99 Å². The maximum atomic E-state index is 5.21. The summed E-state index contributed by atoms with van der Waals surface area (Å²) in [6.07, 6.45) is 5.62. The van der Waals surface area contributed by atoms with E-state index in [9.17, 15) is 0 Å². The molecule has 3 rings (SSSR count). The minimum Gasteiger partial charge on any atom is -0.380 e. The van der Waals surface area contributed by atoms with Crippen LogP contribution in [0, 0.1) is 11.8 Å². The Morgan fingerprint density at radius 1 is 1.22 bits per heavy atom. The van der Waals surface area contributed by atoms with Crippen molar-refractivity contribution in [2.75, 3.05) is 27.2 Å². The first-order valence-electron chi connectivity index (χ1n) is 8.82. The molecule has 0 bridgehead atoms. The van der Waals surface area contributed by atoms with Crippen molar-refractivity contribution in [1.82, 2.24) is 10.2 Å². The van der Waals surface area contributed by atoms with Gasteiger partial charge in [-0.1, -0.05) is 37.1 Å². The van der Waals surface area contributed by atoms with Crippen LogP contribution in [-0.4, -0.2) is 38.1 Å². The van der Waals surface area contributed by atoms with E-state index in [1.165, 1.54) is 49.9 Å². The van der Waals surface area contributed by atoms with Crippen LogP contribution in [0.2, 0.25) is 0 Å². The molecule has 0 radical (unpaired) electrons. The lowest BCUT2D eigenvalue weighted by molar-refractivity contribution is 0.185. The van der Waals surface area contributed by atoms with Crippen LogP contribution in [0.4, 0.5) is 0 Å². The smallest absolute Gasteiger partial charge is 0.193 e. The van der Waals surface area contributed by atoms with E-state index >= 15 is 0 Å². The van der Waals surface area contributed by atoms with E-state index in [-0.39, 0.29) is 0 Å². The number of nitrogens with zero attached hydrogens (tertiary/aromatic N) is 2. The summed E-state index contributed by atoms with van der Waals surface area (Å²) >= 11 is 0. The average molecular weight is 315 g/mol. The Balaban J connectivity index is 1.57. The van der Waals surface area contributed by atoms with Crippen LogP contribution in [0.3, 0.4) is 0 Å². The fourth-order valence-corrected chi connectivity index (χ4v) is 4.09. The number of rotatable bonds is 4. The van der Waals surface area contributed by atoms with Crippen molar-refractivity contribution in [2.24, 2.45) is 16.8 Å². The molecule has 2 aliphatic rings. The molecule has 2 fully saturated rings. The Labute approximate surface area is 139 Å². The van der Waals surface area contributed by atoms with Crippen molar-refractivity contribution in [2.45, 2.75) is 38.8 Å². The Kier molecular flexibility index (Phi) is 5.55. The lowest BCUT2D eigenvalue weighted by Crippen LogP contribution is -2.39. The fourth-order valence-electron chi connectivity index (χ4n) is 4.09. The molecule has 1 heterocycles. The molecule has 1 N–H and O–H groups in total. The van der Waals surface area contributed by atoms with Crippen LogP contribution >= 0.6 is 0 Å². The Bertz CT molecular complexity index is 529. The normalized spacial score (nSPS) is 24.6. The molecule has 1 aromatic rings. The van der Waals surface area contributed by atoms with Crippen molar-refractivity contribution in [3.8, 4) is 0 Å². The largest absolute Gasteiger partial charge is 0.380 e. The predicted molar refractivity (Wildman–Crippen MR) is 94.4 cm³/mol. The molecule has 4 nitrogen and oxygen atoms in total. The Morgan fingerprint density at radius 2 is 1.91 bits per heavy atom. The highest BCUT2D eigenvalue weighted by Gasteiger charge is 2.35. The third kappa shape index (κ3) is 4.05. The van der Waals surface area contributed by atoms with Crippen LogP contribution in [0.25, 0.3) is 0 Å². The molecule has 0 aromatic heterocycles. The van der Waals surface area contributed by atoms with E-state index in [1.807, 2.05) is 7.05 Å². The molecule has 2 unspecified atom stereocenters. The average Bonchev–Trinajstić information content (AvgIpc) is 3.00. The highest BCUT2D eigenvalue weighted by atomic mass is 16.5. The third-order valence-corrected chi connectivity index (χ3v) is 5.24. The van der Waals surface area contributed by atoms with Gasteiger partial charge in [0, 0.05) is 33.8 Å². The molecule has 1 aromatic carbocycles. The summed E-state index contributed by atoms with van der Waals surface area (Å²) in [4.78, 5) is 6.97. The van der Waals surface area contributed by atoms with E-state index < -0.39 is 0 Å². The van der Waals surface area contributed by atoms with Crippen molar-refractivity contribution >= 4 is 5.96 Å². The van der Waals surface area contributed by atoms with Gasteiger partial charge in [-0.05, 0) is 35.8 Å². The monoisotopic (exact) mass is 315 g/mol. The summed E-state index contributed by atoms with van der Waals surface area (Å²) in [5, 5.41) is 3.54. The van der Waals surface area contributed by atoms with Gasteiger partial charge in [-0.2, -0.15) is 0 Å². The fraction of sp³-hybridized carbons (Fsp3) is 0.632. The highest BCUT2D eigenvalue weighted by molar-refractivity contribution is 5.80. The number of nitrogens with one attached hydrogen (secondary N) is 1. The van der Waals surface area contributed by atoms with Gasteiger partial charge in [0.25, 0.3) is 0 Å². The van der Waals surface area contributed by atoms with Gasteiger partial charge >= 0.3 is 0 Å². The SMILES string of the molecule is CN=C(NCc1cccc(COC)c1)N1CC2CCCCC2C1. The van der Waals surface area contributed by atoms with E-state index in [0.29, 0.717) is 6.61 Å². The van der Waals surface area contributed by atoms with Crippen LogP contribution in [0.5, 0.6) is 0 Å². The molecule has 0 amide bonds. The maximum Gasteiger partial charge on any atom is 0.193 e. The zero-order valence-corrected chi connectivity index (χ0v) is 14.4. The van der Waals surface area contributed by atoms with Gasteiger partial charge in [0.1, 0.15) is 0 Å². The number of benzene rings is 1. The van der Waals surface area contributed by atoms with Gasteiger partial charge in [0.2, 0.25) is 0 Å². The minimum atomic E-state index is 0.665. The first-order valence-corrected chi connectivity index (χ1v) is 8.82. The van der Waals surface area contributed by atoms with Crippen molar-refractivity contribution < 1.29 is 4.74 Å². The zero-order valence-electron chi connectivity index (χ0n) is 14.4. The van der Waals surface area contributed by atoms with E-state index in [1.54, 1.807) is 7.11 Å². The number of ether oxygens (including phenoxy) is 1. The standard InChI is InChI=1S/C19H29N3O/c1-20-19(22-12-17-8-3-4-9-18(17)13-22)21-11-15-6-5-7-16(10-15)14-23-2/h5-7,10,17-18H,3-4,8-9,11-14H2,1-2H3,(H,20,21). The number of likely N-dealkylation sites (tertiary alicyclic amines) is 1. The number of hydrogen-bond acceptors (Lipinski definition) is 2. The lowest BCUT2D eigenvalue weighted by Gasteiger charge is -2.22. The van der Waals surface area contributed by atoms with Gasteiger partial charge < -0.3 is 15.0 Å². The number of aliphatic imine (C=N–C) groups is 1. The first-order chi connectivity index (χ1) is 11.3. The van der Waals surface area contributed by atoms with E-state index in [2.05, 4.69) is 39.5 Å².